The molecule has 0 aliphatic carbocycles. The fourth-order valence-electron chi connectivity index (χ4n) is 7.94. The predicted molar refractivity (Wildman–Crippen MR) is 268 cm³/mol. The largest absolute Gasteiger partial charge is 0.461 e. The molecule has 15 heteroatoms. The van der Waals surface area contributed by atoms with Crippen LogP contribution in [0.1, 0.15) is 112 Å². The number of carbonyl (C=O) groups is 6. The van der Waals surface area contributed by atoms with Crippen LogP contribution in [0.5, 0.6) is 0 Å². The minimum atomic E-state index is -1.03. The van der Waals surface area contributed by atoms with Crippen molar-refractivity contribution >= 4 is 41.6 Å². The van der Waals surface area contributed by atoms with Crippen molar-refractivity contribution in [2.45, 2.75) is 143 Å². The Morgan fingerprint density at radius 1 is 1.00 bits per heavy atom. The van der Waals surface area contributed by atoms with E-state index in [0.717, 1.165) is 24.8 Å². The first-order valence-electron chi connectivity index (χ1n) is 24.1. The Kier molecular flexibility index (Phi) is 25.5. The number of anilines is 1. The molecule has 0 bridgehead atoms. The van der Waals surface area contributed by atoms with Gasteiger partial charge in [0.1, 0.15) is 31.4 Å². The van der Waals surface area contributed by atoms with Gasteiger partial charge >= 0.3 is 24.1 Å². The molecule has 376 valence electrons. The summed E-state index contributed by atoms with van der Waals surface area (Å²) in [7, 11) is 0. The predicted octanol–water partition coefficient (Wildman–Crippen LogP) is 8.43. The van der Waals surface area contributed by atoms with E-state index >= 15 is 0 Å². The number of amides is 5. The number of alkyl carbamates (subject to hydrolysis) is 1. The van der Waals surface area contributed by atoms with Crippen molar-refractivity contribution in [2.75, 3.05) is 18.5 Å². The fraction of sp³-hybridized carbons (Fsp3) is 0.519. The third kappa shape index (κ3) is 22.5. The summed E-state index contributed by atoms with van der Waals surface area (Å²) in [6.07, 6.45) is 28.9. The number of benzene rings is 1. The highest BCUT2D eigenvalue weighted by atomic mass is 16.6. The number of primary amides is 1. The molecular formula is C54H75N5O10. The molecule has 3 unspecified atom stereocenters. The number of rotatable bonds is 26. The minimum Gasteiger partial charge on any atom is -0.461 e. The molecule has 69 heavy (non-hydrogen) atoms. The Hall–Kier alpha value is -6.40. The lowest BCUT2D eigenvalue weighted by molar-refractivity contribution is -0.146. The second-order valence-electron chi connectivity index (χ2n) is 18.2. The Morgan fingerprint density at radius 3 is 2.43 bits per heavy atom. The van der Waals surface area contributed by atoms with Crippen molar-refractivity contribution in [1.82, 2.24) is 16.0 Å². The van der Waals surface area contributed by atoms with Crippen molar-refractivity contribution in [1.29, 1.82) is 0 Å². The fourth-order valence-corrected chi connectivity index (χ4v) is 7.94. The molecule has 2 heterocycles. The lowest BCUT2D eigenvalue weighted by Crippen LogP contribution is -2.54. The van der Waals surface area contributed by atoms with Gasteiger partial charge in [0.05, 0.1) is 12.2 Å². The molecule has 1 aromatic carbocycles. The number of ether oxygens (including phenoxy) is 4. The van der Waals surface area contributed by atoms with E-state index in [-0.39, 0.29) is 87.0 Å². The van der Waals surface area contributed by atoms with E-state index in [0.29, 0.717) is 36.4 Å². The van der Waals surface area contributed by atoms with Gasteiger partial charge in [-0.15, -0.1) is 12.3 Å². The van der Waals surface area contributed by atoms with E-state index in [2.05, 4.69) is 78.3 Å². The van der Waals surface area contributed by atoms with Gasteiger partial charge in [-0.1, -0.05) is 99.6 Å². The molecule has 2 aliphatic rings. The Labute approximate surface area is 409 Å². The average Bonchev–Trinajstić information content (AvgIpc) is 3.30. The Balaban J connectivity index is 1.61. The zero-order valence-electron chi connectivity index (χ0n) is 41.5. The van der Waals surface area contributed by atoms with Crippen LogP contribution in [0, 0.1) is 36.0 Å². The molecule has 1 saturated heterocycles. The van der Waals surface area contributed by atoms with E-state index in [9.17, 15) is 28.8 Å². The molecule has 6 N–H and O–H groups in total. The van der Waals surface area contributed by atoms with Crippen LogP contribution >= 0.6 is 0 Å². The Morgan fingerprint density at radius 2 is 1.75 bits per heavy atom. The number of hydrogen-bond donors (Lipinski definition) is 5. The molecule has 0 radical (unpaired) electrons. The number of allylic oxidation sites excluding steroid dienone is 7. The maximum absolute atomic E-state index is 13.5. The van der Waals surface area contributed by atoms with Gasteiger partial charge in [-0.25, -0.2) is 14.4 Å². The monoisotopic (exact) mass is 954 g/mol. The summed E-state index contributed by atoms with van der Waals surface area (Å²) in [4.78, 5) is 75.2. The van der Waals surface area contributed by atoms with Crippen LogP contribution in [-0.2, 0) is 44.7 Å². The number of carbonyl (C=O) groups excluding carboxylic acids is 6. The van der Waals surface area contributed by atoms with E-state index in [1.807, 2.05) is 38.2 Å². The molecule has 0 aromatic heterocycles. The van der Waals surface area contributed by atoms with Gasteiger partial charge in [0, 0.05) is 43.5 Å². The van der Waals surface area contributed by atoms with E-state index in [4.69, 9.17) is 31.1 Å². The smallest absolute Gasteiger partial charge is 0.407 e. The van der Waals surface area contributed by atoms with E-state index in [1.54, 1.807) is 38.1 Å². The molecule has 15 nitrogen and oxygen atoms in total. The molecule has 0 spiro atoms. The SMILES string of the molecule is C#CCCOC(=O)N[C@H](C(=O)N[C@@H](CCCNC(N)=O)C(=O)Nc1ccc(COC(=O)CC[C@H](/C=C/C=C(\C)C[C@@H](C)/C=C(C)\C=C\C2CC=CC(=O)O2)C2CC[C@H](C)C(/C=C/C)O2)cc1)C(C)C. The summed E-state index contributed by atoms with van der Waals surface area (Å²) in [6, 6.07) is 4.05. The summed E-state index contributed by atoms with van der Waals surface area (Å²) in [6.45, 7) is 14.2. The first-order valence-corrected chi connectivity index (χ1v) is 24.1. The van der Waals surface area contributed by atoms with Crippen LogP contribution in [0.4, 0.5) is 15.3 Å². The van der Waals surface area contributed by atoms with Gasteiger partial charge in [0.25, 0.3) is 0 Å². The highest BCUT2D eigenvalue weighted by molar-refractivity contribution is 5.98. The number of terminal acetylenes is 1. The summed E-state index contributed by atoms with van der Waals surface area (Å²) in [5, 5.41) is 10.6. The van der Waals surface area contributed by atoms with Crippen molar-refractivity contribution in [3.05, 3.63) is 102 Å². The molecule has 0 saturated carbocycles. The Bertz CT molecular complexity index is 2080. The quantitative estimate of drug-likeness (QED) is 0.0149. The number of hydrogen-bond acceptors (Lipinski definition) is 10. The number of nitrogens with one attached hydrogen (secondary N) is 4. The van der Waals surface area contributed by atoms with Gasteiger partial charge in [0.2, 0.25) is 11.8 Å². The van der Waals surface area contributed by atoms with Crippen LogP contribution in [-0.4, -0.2) is 79.4 Å². The minimum absolute atomic E-state index is 0.00501. The number of urea groups is 1. The van der Waals surface area contributed by atoms with Gasteiger partial charge in [-0.05, 0) is 101 Å². The zero-order valence-corrected chi connectivity index (χ0v) is 41.5. The molecule has 2 aliphatic heterocycles. The van der Waals surface area contributed by atoms with Crippen LogP contribution in [0.3, 0.4) is 0 Å². The van der Waals surface area contributed by atoms with Crippen molar-refractivity contribution in [2.24, 2.45) is 29.4 Å². The molecule has 5 amide bonds. The van der Waals surface area contributed by atoms with Crippen LogP contribution in [0.15, 0.2) is 96.2 Å². The third-order valence-electron chi connectivity index (χ3n) is 11.7. The van der Waals surface area contributed by atoms with Crippen molar-refractivity contribution < 1.29 is 47.7 Å². The maximum atomic E-state index is 13.5. The summed E-state index contributed by atoms with van der Waals surface area (Å²) >= 11 is 0. The van der Waals surface area contributed by atoms with Crippen LogP contribution < -0.4 is 27.0 Å². The van der Waals surface area contributed by atoms with E-state index in [1.165, 1.54) is 11.6 Å². The molecule has 1 aromatic rings. The molecule has 1 fully saturated rings. The van der Waals surface area contributed by atoms with Gasteiger partial charge in [-0.2, -0.15) is 0 Å². The average molecular weight is 954 g/mol. The number of nitrogens with two attached hydrogens (primary N) is 1. The highest BCUT2D eigenvalue weighted by Crippen LogP contribution is 2.32. The highest BCUT2D eigenvalue weighted by Gasteiger charge is 2.32. The standard InChI is InChI=1S/C54H75N5O10/c1-9-11-32-66-54(65)59-50(36(3)4)52(63)58-45(19-14-31-56-53(55)64)51(62)57-43-26-23-41(24-27-43)35-67-48(60)30-25-42(47-29-22-40(8)46(69-47)15-10-2)17-12-16-37(5)33-39(7)34-38(6)21-28-44-18-13-20-49(61)68-44/h1,10,12-13,15-17,20-21,23-24,26-28,34,36,39-40,42,44-47,50H,11,14,18-19,22,25,29-33,35H2,2-8H3,(H,57,62)(H,58,63)(H,59,65)(H3,55,56,64)/b15-10+,17-12+,28-21+,37-16+,38-34-/t39-,40+,42+,44?,45+,46?,47?,50+/m1/s1. The maximum Gasteiger partial charge on any atom is 0.407 e. The van der Waals surface area contributed by atoms with Gasteiger partial charge in [0.15, 0.2) is 0 Å². The second-order valence-corrected chi connectivity index (χ2v) is 18.2. The van der Waals surface area contributed by atoms with Crippen molar-refractivity contribution in [3.8, 4) is 12.3 Å². The number of esters is 2. The summed E-state index contributed by atoms with van der Waals surface area (Å²) in [5.74, 6) is 0.920. The third-order valence-corrected chi connectivity index (χ3v) is 11.7. The van der Waals surface area contributed by atoms with Gasteiger partial charge in [-0.3, -0.25) is 14.4 Å². The first-order chi connectivity index (χ1) is 33.0. The molecular weight excluding hydrogens is 879 g/mol. The lowest BCUT2D eigenvalue weighted by Gasteiger charge is -2.36. The zero-order chi connectivity index (χ0) is 50.7. The second kappa shape index (κ2) is 30.9. The van der Waals surface area contributed by atoms with Crippen LogP contribution in [0.2, 0.25) is 0 Å². The van der Waals surface area contributed by atoms with E-state index < -0.39 is 36.0 Å². The van der Waals surface area contributed by atoms with Gasteiger partial charge < -0.3 is 45.9 Å². The summed E-state index contributed by atoms with van der Waals surface area (Å²) < 4.78 is 22.7. The number of cyclic esters (lactones) is 1. The van der Waals surface area contributed by atoms with Crippen molar-refractivity contribution in [3.63, 3.8) is 0 Å². The normalized spacial score (nSPS) is 20.4. The lowest BCUT2D eigenvalue weighted by atomic mass is 9.85. The first kappa shape index (κ1) is 56.9. The topological polar surface area (TPSA) is 213 Å². The molecule has 8 atom stereocenters. The summed E-state index contributed by atoms with van der Waals surface area (Å²) in [5.41, 5.74) is 8.66. The van der Waals surface area contributed by atoms with Crippen LogP contribution in [0.25, 0.3) is 0 Å². The molecule has 3 rings (SSSR count).